The number of hydrogen-bond acceptors (Lipinski definition) is 2. The zero-order valence-electron chi connectivity index (χ0n) is 11.2. The maximum atomic E-state index is 12.6. The van der Waals surface area contributed by atoms with E-state index in [1.54, 1.807) is 11.0 Å². The van der Waals surface area contributed by atoms with Gasteiger partial charge in [0.15, 0.2) is 5.78 Å². The van der Waals surface area contributed by atoms with Crippen molar-refractivity contribution in [2.75, 3.05) is 11.4 Å². The number of ketones is 1. The van der Waals surface area contributed by atoms with Crippen LogP contribution in [0.3, 0.4) is 0 Å². The van der Waals surface area contributed by atoms with E-state index in [1.165, 1.54) is 6.92 Å². The maximum absolute atomic E-state index is 12.6. The largest absolute Gasteiger partial charge is 0.311 e. The Balaban J connectivity index is 2.10. The molecule has 1 amide bonds. The fraction of sp³-hybridized carbons (Fsp3) is 0.176. The molecule has 3 heteroatoms. The molecule has 2 aromatic rings. The lowest BCUT2D eigenvalue weighted by Gasteiger charge is -2.33. The van der Waals surface area contributed by atoms with E-state index in [2.05, 4.69) is 0 Å². The van der Waals surface area contributed by atoms with Gasteiger partial charge in [-0.15, -0.1) is 0 Å². The number of benzene rings is 2. The van der Waals surface area contributed by atoms with Gasteiger partial charge in [-0.3, -0.25) is 9.59 Å². The highest BCUT2D eigenvalue weighted by Crippen LogP contribution is 2.34. The van der Waals surface area contributed by atoms with Gasteiger partial charge in [-0.05, 0) is 17.7 Å². The Morgan fingerprint density at radius 3 is 2.40 bits per heavy atom. The minimum Gasteiger partial charge on any atom is -0.311 e. The smallest absolute Gasteiger partial charge is 0.223 e. The van der Waals surface area contributed by atoms with Crippen LogP contribution in [0.15, 0.2) is 54.6 Å². The molecular weight excluding hydrogens is 250 g/mol. The molecule has 0 saturated heterocycles. The van der Waals surface area contributed by atoms with E-state index in [-0.39, 0.29) is 17.6 Å². The highest BCUT2D eigenvalue weighted by molar-refractivity contribution is 6.11. The summed E-state index contributed by atoms with van der Waals surface area (Å²) >= 11 is 0. The molecular formula is C17H15NO2. The number of carbonyl (C=O) groups excluding carboxylic acids is 2. The summed E-state index contributed by atoms with van der Waals surface area (Å²) in [4.78, 5) is 26.2. The summed E-state index contributed by atoms with van der Waals surface area (Å²) < 4.78 is 0. The van der Waals surface area contributed by atoms with E-state index in [1.807, 2.05) is 48.5 Å². The molecule has 1 unspecified atom stereocenters. The standard InChI is InChI=1S/C17H15NO2/c1-12(19)18-11-15(13-7-3-2-4-8-13)17(20)14-9-5-6-10-16(14)18/h2-10,15H,11H2,1H3. The summed E-state index contributed by atoms with van der Waals surface area (Å²) in [5.74, 6) is -0.231. The predicted molar refractivity (Wildman–Crippen MR) is 78.0 cm³/mol. The SMILES string of the molecule is CC(=O)N1CC(c2ccccc2)C(=O)c2ccccc21. The Kier molecular flexibility index (Phi) is 3.11. The lowest BCUT2D eigenvalue weighted by molar-refractivity contribution is -0.116. The molecule has 1 heterocycles. The van der Waals surface area contributed by atoms with E-state index in [0.29, 0.717) is 12.1 Å². The first-order valence-corrected chi connectivity index (χ1v) is 6.65. The van der Waals surface area contributed by atoms with Crippen LogP contribution in [0.4, 0.5) is 5.69 Å². The van der Waals surface area contributed by atoms with Gasteiger partial charge >= 0.3 is 0 Å². The van der Waals surface area contributed by atoms with Crippen LogP contribution in [-0.2, 0) is 4.79 Å². The second-order valence-corrected chi connectivity index (χ2v) is 4.97. The summed E-state index contributed by atoms with van der Waals surface area (Å²) in [6, 6.07) is 16.9. The molecule has 0 aromatic heterocycles. The third-order valence-corrected chi connectivity index (χ3v) is 3.72. The Bertz CT molecular complexity index is 664. The van der Waals surface area contributed by atoms with E-state index < -0.39 is 0 Å². The van der Waals surface area contributed by atoms with Gasteiger partial charge in [-0.2, -0.15) is 0 Å². The number of nitrogens with zero attached hydrogens (tertiary/aromatic N) is 1. The monoisotopic (exact) mass is 265 g/mol. The highest BCUT2D eigenvalue weighted by atomic mass is 16.2. The molecule has 1 atom stereocenters. The molecule has 0 bridgehead atoms. The lowest BCUT2D eigenvalue weighted by atomic mass is 9.86. The maximum Gasteiger partial charge on any atom is 0.223 e. The molecule has 0 aliphatic carbocycles. The molecule has 100 valence electrons. The van der Waals surface area contributed by atoms with Gasteiger partial charge in [0.2, 0.25) is 5.91 Å². The summed E-state index contributed by atoms with van der Waals surface area (Å²) in [7, 11) is 0. The quantitative estimate of drug-likeness (QED) is 0.794. The van der Waals surface area contributed by atoms with Crippen LogP contribution in [0.2, 0.25) is 0 Å². The fourth-order valence-corrected chi connectivity index (χ4v) is 2.71. The van der Waals surface area contributed by atoms with Crippen molar-refractivity contribution in [3.05, 3.63) is 65.7 Å². The van der Waals surface area contributed by atoms with Crippen LogP contribution in [0.5, 0.6) is 0 Å². The number of para-hydroxylation sites is 1. The number of amides is 1. The van der Waals surface area contributed by atoms with Crippen molar-refractivity contribution in [3.63, 3.8) is 0 Å². The Labute approximate surface area is 117 Å². The first kappa shape index (κ1) is 12.6. The fourth-order valence-electron chi connectivity index (χ4n) is 2.71. The van der Waals surface area contributed by atoms with E-state index in [9.17, 15) is 9.59 Å². The average Bonchev–Trinajstić information content (AvgIpc) is 2.48. The van der Waals surface area contributed by atoms with Crippen LogP contribution >= 0.6 is 0 Å². The molecule has 1 aliphatic rings. The van der Waals surface area contributed by atoms with Crippen molar-refractivity contribution < 1.29 is 9.59 Å². The highest BCUT2D eigenvalue weighted by Gasteiger charge is 2.34. The van der Waals surface area contributed by atoms with E-state index in [4.69, 9.17) is 0 Å². The van der Waals surface area contributed by atoms with Gasteiger partial charge in [0.25, 0.3) is 0 Å². The zero-order valence-corrected chi connectivity index (χ0v) is 11.2. The molecule has 0 N–H and O–H groups in total. The molecule has 0 spiro atoms. The van der Waals surface area contributed by atoms with Gasteiger partial charge in [0.05, 0.1) is 11.6 Å². The second-order valence-electron chi connectivity index (χ2n) is 4.97. The first-order chi connectivity index (χ1) is 9.68. The molecule has 20 heavy (non-hydrogen) atoms. The number of hydrogen-bond donors (Lipinski definition) is 0. The molecule has 0 saturated carbocycles. The van der Waals surface area contributed by atoms with Gasteiger partial charge in [-0.25, -0.2) is 0 Å². The summed E-state index contributed by atoms with van der Waals surface area (Å²) in [6.07, 6.45) is 0. The van der Waals surface area contributed by atoms with Crippen molar-refractivity contribution in [2.45, 2.75) is 12.8 Å². The number of rotatable bonds is 1. The molecule has 3 rings (SSSR count). The van der Waals surface area contributed by atoms with Crippen LogP contribution < -0.4 is 4.90 Å². The van der Waals surface area contributed by atoms with Crippen molar-refractivity contribution in [2.24, 2.45) is 0 Å². The van der Waals surface area contributed by atoms with Crippen molar-refractivity contribution in [3.8, 4) is 0 Å². The van der Waals surface area contributed by atoms with Gasteiger partial charge in [-0.1, -0.05) is 42.5 Å². The normalized spacial score (nSPS) is 17.8. The molecule has 2 aromatic carbocycles. The number of fused-ring (bicyclic) bond motifs is 1. The summed E-state index contributed by atoms with van der Waals surface area (Å²) in [5.41, 5.74) is 2.30. The van der Waals surface area contributed by atoms with Crippen molar-refractivity contribution >= 4 is 17.4 Å². The van der Waals surface area contributed by atoms with Crippen LogP contribution in [0.1, 0.15) is 28.8 Å². The third kappa shape index (κ3) is 2.01. The van der Waals surface area contributed by atoms with Gasteiger partial charge in [0.1, 0.15) is 0 Å². The molecule has 3 nitrogen and oxygen atoms in total. The van der Waals surface area contributed by atoms with Gasteiger partial charge in [0, 0.05) is 19.0 Å². The van der Waals surface area contributed by atoms with E-state index in [0.717, 1.165) is 11.3 Å². The third-order valence-electron chi connectivity index (χ3n) is 3.72. The first-order valence-electron chi connectivity index (χ1n) is 6.65. The number of anilines is 1. The average molecular weight is 265 g/mol. The minimum absolute atomic E-state index is 0.0362. The lowest BCUT2D eigenvalue weighted by Crippen LogP contribution is -2.40. The number of carbonyl (C=O) groups is 2. The van der Waals surface area contributed by atoms with Crippen molar-refractivity contribution in [1.29, 1.82) is 0 Å². The topological polar surface area (TPSA) is 37.4 Å². The minimum atomic E-state index is -0.282. The second kappa shape index (κ2) is 4.93. The summed E-state index contributed by atoms with van der Waals surface area (Å²) in [5, 5.41) is 0. The molecule has 1 aliphatic heterocycles. The molecule has 0 fully saturated rings. The Hall–Kier alpha value is -2.42. The Morgan fingerprint density at radius 1 is 1.05 bits per heavy atom. The summed E-state index contributed by atoms with van der Waals surface area (Å²) in [6.45, 7) is 1.95. The van der Waals surface area contributed by atoms with Crippen LogP contribution in [0.25, 0.3) is 0 Å². The van der Waals surface area contributed by atoms with Crippen LogP contribution in [-0.4, -0.2) is 18.2 Å². The Morgan fingerprint density at radius 2 is 1.70 bits per heavy atom. The number of Topliss-reactive ketones (excluding diaryl/α,β-unsaturated/α-hetero) is 1. The van der Waals surface area contributed by atoms with Crippen molar-refractivity contribution in [1.82, 2.24) is 0 Å². The zero-order chi connectivity index (χ0) is 14.1. The van der Waals surface area contributed by atoms with Crippen LogP contribution in [0, 0.1) is 0 Å². The molecule has 0 radical (unpaired) electrons. The van der Waals surface area contributed by atoms with Gasteiger partial charge < -0.3 is 4.90 Å². The van der Waals surface area contributed by atoms with E-state index >= 15 is 0 Å². The predicted octanol–water partition coefficient (Wildman–Crippen LogP) is 3.02.